The Hall–Kier alpha value is -1.97. The van der Waals surface area contributed by atoms with Crippen molar-refractivity contribution in [2.24, 2.45) is 0 Å². The highest BCUT2D eigenvalue weighted by Crippen LogP contribution is 2.16. The highest BCUT2D eigenvalue weighted by molar-refractivity contribution is 7.80. The van der Waals surface area contributed by atoms with E-state index in [9.17, 15) is 23.4 Å². The van der Waals surface area contributed by atoms with Crippen molar-refractivity contribution < 1.29 is 32.1 Å². The van der Waals surface area contributed by atoms with Crippen LogP contribution in [0.3, 0.4) is 0 Å². The molecule has 1 aromatic heterocycles. The summed E-state index contributed by atoms with van der Waals surface area (Å²) in [6, 6.07) is 0. The molecule has 2 unspecified atom stereocenters. The highest BCUT2D eigenvalue weighted by atomic mass is 32.3. The van der Waals surface area contributed by atoms with Crippen LogP contribution in [0.4, 0.5) is 17.5 Å². The van der Waals surface area contributed by atoms with Crippen LogP contribution in [-0.4, -0.2) is 71.8 Å². The third-order valence-corrected chi connectivity index (χ3v) is 3.49. The monoisotopic (exact) mass is 383 g/mol. The van der Waals surface area contributed by atoms with Gasteiger partial charge in [-0.05, 0) is 6.92 Å². The van der Waals surface area contributed by atoms with E-state index in [0.29, 0.717) is 0 Å². The number of anilines is 3. The summed E-state index contributed by atoms with van der Waals surface area (Å²) in [4.78, 5) is 18.9. The summed E-state index contributed by atoms with van der Waals surface area (Å²) in [5, 5.41) is 19.3. The number of nitrogens with one attached hydrogen (secondary N) is 1. The summed E-state index contributed by atoms with van der Waals surface area (Å²) < 4.78 is 39.3. The second kappa shape index (κ2) is 8.41. The van der Waals surface area contributed by atoms with Gasteiger partial charge in [-0.1, -0.05) is 0 Å². The largest absolute Gasteiger partial charge is 0.397 e. The SMILES string of the molecule is C[C@@H](O)C(O)C(COS(=O)(=O)O)OCN(C)c1nc(N)[nH]c(=O)c1N. The molecule has 0 aliphatic rings. The first-order valence-corrected chi connectivity index (χ1v) is 8.25. The summed E-state index contributed by atoms with van der Waals surface area (Å²) in [5.41, 5.74) is 10.1. The van der Waals surface area contributed by atoms with E-state index in [-0.39, 0.29) is 24.2 Å². The van der Waals surface area contributed by atoms with Crippen molar-refractivity contribution in [2.45, 2.75) is 25.2 Å². The lowest BCUT2D eigenvalue weighted by molar-refractivity contribution is -0.0979. The van der Waals surface area contributed by atoms with Crippen LogP contribution in [0.2, 0.25) is 0 Å². The molecule has 144 valence electrons. The van der Waals surface area contributed by atoms with E-state index < -0.39 is 40.9 Å². The molecule has 0 aliphatic carbocycles. The molecule has 0 radical (unpaired) electrons. The molecule has 0 bridgehead atoms. The predicted octanol–water partition coefficient (Wildman–Crippen LogP) is -2.73. The normalized spacial score (nSPS) is 15.6. The number of rotatable bonds is 9. The first-order chi connectivity index (χ1) is 11.4. The van der Waals surface area contributed by atoms with Gasteiger partial charge in [-0.3, -0.25) is 14.3 Å². The number of ether oxygens (including phenoxy) is 1. The summed E-state index contributed by atoms with van der Waals surface area (Å²) in [6.07, 6.45) is -4.13. The minimum atomic E-state index is -4.77. The standard InChI is InChI=1S/C11H21N5O8S/c1-5(17)8(18)6(3-24-25(20,21)22)23-4-16(2)9-7(12)10(19)15-11(13)14-9/h5-6,8,17-18H,3-4,12H2,1-2H3,(H,20,21,22)(H3,13,14,15,19)/t5-,6?,8?/m1/s1. The van der Waals surface area contributed by atoms with Crippen LogP contribution in [-0.2, 0) is 19.3 Å². The molecular formula is C11H21N5O8S. The number of H-pyrrole nitrogens is 1. The van der Waals surface area contributed by atoms with Gasteiger partial charge in [0.05, 0.1) is 12.7 Å². The summed E-state index contributed by atoms with van der Waals surface area (Å²) in [7, 11) is -3.33. The Balaban J connectivity index is 2.86. The summed E-state index contributed by atoms with van der Waals surface area (Å²) >= 11 is 0. The number of hydrogen-bond donors (Lipinski definition) is 6. The molecule has 0 aliphatic heterocycles. The van der Waals surface area contributed by atoms with Gasteiger partial charge in [-0.15, -0.1) is 0 Å². The average Bonchev–Trinajstić information content (AvgIpc) is 2.48. The number of aromatic amines is 1. The first-order valence-electron chi connectivity index (χ1n) is 6.88. The fraction of sp³-hybridized carbons (Fsp3) is 0.636. The van der Waals surface area contributed by atoms with Crippen molar-refractivity contribution in [3.63, 3.8) is 0 Å². The van der Waals surface area contributed by atoms with Crippen LogP contribution < -0.4 is 21.9 Å². The molecule has 1 aromatic rings. The zero-order chi connectivity index (χ0) is 19.4. The fourth-order valence-electron chi connectivity index (χ4n) is 1.76. The van der Waals surface area contributed by atoms with E-state index in [0.717, 1.165) is 0 Å². The van der Waals surface area contributed by atoms with Crippen molar-refractivity contribution >= 4 is 27.9 Å². The Labute approximate surface area is 143 Å². The quantitative estimate of drug-likeness (QED) is 0.189. The van der Waals surface area contributed by atoms with Crippen molar-refractivity contribution in [1.29, 1.82) is 0 Å². The maximum atomic E-state index is 11.6. The summed E-state index contributed by atoms with van der Waals surface area (Å²) in [5.74, 6) is -0.196. The second-order valence-electron chi connectivity index (χ2n) is 5.16. The first kappa shape index (κ1) is 21.1. The van der Waals surface area contributed by atoms with Gasteiger partial charge in [0.15, 0.2) is 5.82 Å². The Morgan fingerprint density at radius 1 is 1.36 bits per heavy atom. The average molecular weight is 383 g/mol. The molecule has 1 heterocycles. The topological polar surface area (TPSA) is 214 Å². The second-order valence-corrected chi connectivity index (χ2v) is 6.26. The van der Waals surface area contributed by atoms with Crippen LogP contribution in [0.5, 0.6) is 0 Å². The van der Waals surface area contributed by atoms with Gasteiger partial charge in [0.25, 0.3) is 5.56 Å². The molecule has 14 heteroatoms. The molecule has 0 saturated carbocycles. The van der Waals surface area contributed by atoms with Crippen molar-refractivity contribution in [3.05, 3.63) is 10.4 Å². The minimum absolute atomic E-state index is 0.0118. The van der Waals surface area contributed by atoms with Gasteiger partial charge >= 0.3 is 10.4 Å². The molecule has 8 N–H and O–H groups in total. The molecular weight excluding hydrogens is 362 g/mol. The van der Waals surface area contributed by atoms with Crippen molar-refractivity contribution in [1.82, 2.24) is 9.97 Å². The van der Waals surface area contributed by atoms with Gasteiger partial charge in [0.2, 0.25) is 5.95 Å². The fourth-order valence-corrected chi connectivity index (χ4v) is 2.06. The molecule has 0 spiro atoms. The van der Waals surface area contributed by atoms with Crippen molar-refractivity contribution in [2.75, 3.05) is 36.8 Å². The zero-order valence-corrected chi connectivity index (χ0v) is 14.3. The Bertz CT molecular complexity index is 736. The number of aliphatic hydroxyl groups excluding tert-OH is 2. The van der Waals surface area contributed by atoms with Gasteiger partial charge in [-0.2, -0.15) is 13.4 Å². The summed E-state index contributed by atoms with van der Waals surface area (Å²) in [6.45, 7) is 0.151. The van der Waals surface area contributed by atoms with Crippen LogP contribution in [0, 0.1) is 0 Å². The Morgan fingerprint density at radius 3 is 2.48 bits per heavy atom. The van der Waals surface area contributed by atoms with Crippen LogP contribution in [0.15, 0.2) is 4.79 Å². The number of nitrogens with zero attached hydrogens (tertiary/aromatic N) is 2. The molecule has 0 amide bonds. The molecule has 3 atom stereocenters. The lowest BCUT2D eigenvalue weighted by atomic mass is 10.1. The van der Waals surface area contributed by atoms with E-state index in [1.54, 1.807) is 0 Å². The number of hydrogen-bond acceptors (Lipinski definition) is 11. The van der Waals surface area contributed by atoms with Gasteiger partial charge < -0.3 is 31.3 Å². The maximum Gasteiger partial charge on any atom is 0.397 e. The highest BCUT2D eigenvalue weighted by Gasteiger charge is 2.27. The van der Waals surface area contributed by atoms with Gasteiger partial charge in [0.1, 0.15) is 24.6 Å². The predicted molar refractivity (Wildman–Crippen MR) is 87.0 cm³/mol. The van der Waals surface area contributed by atoms with Gasteiger partial charge in [-0.25, -0.2) is 4.18 Å². The van der Waals surface area contributed by atoms with Crippen LogP contribution >= 0.6 is 0 Å². The lowest BCUT2D eigenvalue weighted by Gasteiger charge is -2.27. The zero-order valence-electron chi connectivity index (χ0n) is 13.5. The minimum Gasteiger partial charge on any atom is -0.391 e. The van der Waals surface area contributed by atoms with Crippen LogP contribution in [0.25, 0.3) is 0 Å². The third-order valence-electron chi connectivity index (χ3n) is 3.05. The third kappa shape index (κ3) is 6.45. The van der Waals surface area contributed by atoms with Crippen molar-refractivity contribution in [3.8, 4) is 0 Å². The smallest absolute Gasteiger partial charge is 0.391 e. The molecule has 25 heavy (non-hydrogen) atoms. The van der Waals surface area contributed by atoms with E-state index >= 15 is 0 Å². The van der Waals surface area contributed by atoms with E-state index in [4.69, 9.17) is 20.8 Å². The molecule has 0 aromatic carbocycles. The molecule has 0 saturated heterocycles. The van der Waals surface area contributed by atoms with Gasteiger partial charge in [0, 0.05) is 7.05 Å². The Morgan fingerprint density at radius 2 is 1.96 bits per heavy atom. The lowest BCUT2D eigenvalue weighted by Crippen LogP contribution is -2.43. The number of nitrogen functional groups attached to an aromatic ring is 2. The van der Waals surface area contributed by atoms with E-state index in [2.05, 4.69) is 14.2 Å². The van der Waals surface area contributed by atoms with E-state index in [1.165, 1.54) is 18.9 Å². The molecule has 13 nitrogen and oxygen atoms in total. The number of aliphatic hydroxyl groups is 2. The number of nitrogens with two attached hydrogens (primary N) is 2. The van der Waals surface area contributed by atoms with Crippen LogP contribution in [0.1, 0.15) is 6.92 Å². The Kier molecular flexibility index (Phi) is 7.09. The van der Waals surface area contributed by atoms with E-state index in [1.807, 2.05) is 0 Å². The maximum absolute atomic E-state index is 11.6. The molecule has 1 rings (SSSR count). The number of aromatic nitrogens is 2. The molecule has 0 fully saturated rings.